The highest BCUT2D eigenvalue weighted by Gasteiger charge is 2.26. The van der Waals surface area contributed by atoms with E-state index in [2.05, 4.69) is 79.0 Å². The van der Waals surface area contributed by atoms with Crippen LogP contribution in [0, 0.1) is 0 Å². The maximum atomic E-state index is 3.71. The van der Waals surface area contributed by atoms with Gasteiger partial charge in [0.15, 0.2) is 0 Å². The van der Waals surface area contributed by atoms with Crippen LogP contribution in [0.5, 0.6) is 0 Å². The first-order valence-electron chi connectivity index (χ1n) is 7.64. The average molecular weight is 273 g/mol. The second kappa shape index (κ2) is 5.01. The molecule has 1 N–H and O–H groups in total. The molecule has 0 amide bonds. The normalized spacial score (nSPS) is 21.2. The van der Waals surface area contributed by atoms with Crippen LogP contribution >= 0.6 is 0 Å². The number of benzene rings is 3. The van der Waals surface area contributed by atoms with Crippen LogP contribution in [0.3, 0.4) is 0 Å². The van der Waals surface area contributed by atoms with Gasteiger partial charge in [-0.1, -0.05) is 73.7 Å². The highest BCUT2D eigenvalue weighted by molar-refractivity contribution is 5.87. The summed E-state index contributed by atoms with van der Waals surface area (Å²) >= 11 is 0. The van der Waals surface area contributed by atoms with Crippen molar-refractivity contribution in [3.05, 3.63) is 83.4 Å². The van der Waals surface area contributed by atoms with Crippen LogP contribution in [-0.4, -0.2) is 6.54 Å². The smallest absolute Gasteiger partial charge is 0.0579 e. The Kier molecular flexibility index (Phi) is 3.01. The molecule has 1 aliphatic heterocycles. The molecule has 3 aromatic rings. The van der Waals surface area contributed by atoms with E-state index < -0.39 is 0 Å². The first-order valence-corrected chi connectivity index (χ1v) is 7.64. The molecule has 1 nitrogen and oxygen atoms in total. The molecule has 0 spiro atoms. The van der Waals surface area contributed by atoms with Gasteiger partial charge in [0.2, 0.25) is 0 Å². The second-order valence-electron chi connectivity index (χ2n) is 5.94. The Labute approximate surface area is 125 Å². The van der Waals surface area contributed by atoms with Gasteiger partial charge >= 0.3 is 0 Å². The minimum absolute atomic E-state index is 0.307. The standard InChI is InChI=1S/C20H19N/c1-14-13-21-20(16-8-3-2-4-9-16)18-12-11-15-7-5-6-10-17(15)19(14)18/h2-12,14,20-21H,13H2,1H3/t14-,20+/m0/s1. The zero-order valence-electron chi connectivity index (χ0n) is 12.2. The van der Waals surface area contributed by atoms with Crippen LogP contribution in [0.15, 0.2) is 66.7 Å². The number of nitrogens with one attached hydrogen (secondary N) is 1. The molecule has 0 unspecified atom stereocenters. The van der Waals surface area contributed by atoms with Crippen molar-refractivity contribution in [3.63, 3.8) is 0 Å². The molecule has 0 aliphatic carbocycles. The Bertz CT molecular complexity index is 776. The highest BCUT2D eigenvalue weighted by Crippen LogP contribution is 2.38. The van der Waals surface area contributed by atoms with Crippen molar-refractivity contribution < 1.29 is 0 Å². The summed E-state index contributed by atoms with van der Waals surface area (Å²) in [4.78, 5) is 0. The van der Waals surface area contributed by atoms with Gasteiger partial charge in [-0.15, -0.1) is 0 Å². The summed E-state index contributed by atoms with van der Waals surface area (Å²) in [6.07, 6.45) is 0. The Hall–Kier alpha value is -2.12. The fraction of sp³-hybridized carbons (Fsp3) is 0.200. The predicted molar refractivity (Wildman–Crippen MR) is 88.7 cm³/mol. The summed E-state index contributed by atoms with van der Waals surface area (Å²) in [6, 6.07) is 24.4. The van der Waals surface area contributed by atoms with Crippen molar-refractivity contribution in [2.24, 2.45) is 0 Å². The molecule has 0 saturated carbocycles. The maximum Gasteiger partial charge on any atom is 0.0579 e. The van der Waals surface area contributed by atoms with E-state index >= 15 is 0 Å². The zero-order chi connectivity index (χ0) is 14.2. The molecule has 3 aromatic carbocycles. The van der Waals surface area contributed by atoms with E-state index in [9.17, 15) is 0 Å². The van der Waals surface area contributed by atoms with Crippen molar-refractivity contribution in [1.82, 2.24) is 5.32 Å². The largest absolute Gasteiger partial charge is 0.306 e. The molecule has 104 valence electrons. The Balaban J connectivity index is 1.95. The lowest BCUT2D eigenvalue weighted by molar-refractivity contribution is 0.519. The van der Waals surface area contributed by atoms with E-state index in [0.29, 0.717) is 12.0 Å². The maximum absolute atomic E-state index is 3.71. The summed E-state index contributed by atoms with van der Waals surface area (Å²) in [7, 11) is 0. The van der Waals surface area contributed by atoms with Crippen molar-refractivity contribution in [2.45, 2.75) is 18.9 Å². The Morgan fingerprint density at radius 3 is 2.48 bits per heavy atom. The summed E-state index contributed by atoms with van der Waals surface area (Å²) in [5.74, 6) is 0.547. The summed E-state index contributed by atoms with van der Waals surface area (Å²) in [6.45, 7) is 3.35. The lowest BCUT2D eigenvalue weighted by Gasteiger charge is -2.32. The molecule has 1 heterocycles. The quantitative estimate of drug-likeness (QED) is 0.681. The van der Waals surface area contributed by atoms with E-state index in [1.165, 1.54) is 27.5 Å². The number of hydrogen-bond donors (Lipinski definition) is 1. The van der Waals surface area contributed by atoms with E-state index in [1.54, 1.807) is 0 Å². The van der Waals surface area contributed by atoms with Gasteiger partial charge in [-0.2, -0.15) is 0 Å². The molecular weight excluding hydrogens is 254 g/mol. The van der Waals surface area contributed by atoms with Crippen LogP contribution in [0.25, 0.3) is 10.8 Å². The van der Waals surface area contributed by atoms with Crippen molar-refractivity contribution >= 4 is 10.8 Å². The van der Waals surface area contributed by atoms with Crippen molar-refractivity contribution in [2.75, 3.05) is 6.54 Å². The van der Waals surface area contributed by atoms with Crippen LogP contribution in [-0.2, 0) is 0 Å². The van der Waals surface area contributed by atoms with Gasteiger partial charge in [0, 0.05) is 6.54 Å². The minimum atomic E-state index is 0.307. The third-order valence-corrected chi connectivity index (χ3v) is 4.57. The van der Waals surface area contributed by atoms with Crippen molar-refractivity contribution in [3.8, 4) is 0 Å². The predicted octanol–water partition coefficient (Wildman–Crippen LogP) is 4.64. The number of rotatable bonds is 1. The lowest BCUT2D eigenvalue weighted by atomic mass is 9.82. The molecule has 1 aliphatic rings. The van der Waals surface area contributed by atoms with Gasteiger partial charge in [-0.3, -0.25) is 0 Å². The van der Waals surface area contributed by atoms with Crippen LogP contribution in [0.2, 0.25) is 0 Å². The fourth-order valence-electron chi connectivity index (χ4n) is 3.56. The number of hydrogen-bond acceptors (Lipinski definition) is 1. The Morgan fingerprint density at radius 1 is 0.857 bits per heavy atom. The van der Waals surface area contributed by atoms with Crippen LogP contribution in [0.4, 0.5) is 0 Å². The molecule has 0 radical (unpaired) electrons. The molecule has 0 fully saturated rings. The average Bonchev–Trinajstić information content (AvgIpc) is 2.55. The van der Waals surface area contributed by atoms with Crippen molar-refractivity contribution in [1.29, 1.82) is 0 Å². The zero-order valence-corrected chi connectivity index (χ0v) is 12.2. The summed E-state index contributed by atoms with van der Waals surface area (Å²) in [5.41, 5.74) is 4.29. The third kappa shape index (κ3) is 2.05. The van der Waals surface area contributed by atoms with Gasteiger partial charge in [0.1, 0.15) is 0 Å². The molecule has 1 heteroatoms. The first-order chi connectivity index (χ1) is 10.3. The molecular formula is C20H19N. The van der Waals surface area contributed by atoms with Gasteiger partial charge < -0.3 is 5.32 Å². The van der Waals surface area contributed by atoms with E-state index in [-0.39, 0.29) is 0 Å². The fourth-order valence-corrected chi connectivity index (χ4v) is 3.56. The minimum Gasteiger partial charge on any atom is -0.306 e. The van der Waals surface area contributed by atoms with E-state index in [4.69, 9.17) is 0 Å². The van der Waals surface area contributed by atoms with E-state index in [0.717, 1.165) is 6.54 Å². The Morgan fingerprint density at radius 2 is 1.62 bits per heavy atom. The SMILES string of the molecule is C[C@H]1CN[C@H](c2ccccc2)c2ccc3ccccc3c21. The monoisotopic (exact) mass is 273 g/mol. The molecule has 2 atom stereocenters. The first kappa shape index (κ1) is 12.6. The second-order valence-corrected chi connectivity index (χ2v) is 5.94. The third-order valence-electron chi connectivity index (χ3n) is 4.57. The van der Waals surface area contributed by atoms with Gasteiger partial charge in [0.05, 0.1) is 6.04 Å². The lowest BCUT2D eigenvalue weighted by Crippen LogP contribution is -2.32. The molecule has 0 bridgehead atoms. The molecule has 0 aromatic heterocycles. The van der Waals surface area contributed by atoms with E-state index in [1.807, 2.05) is 0 Å². The van der Waals surface area contributed by atoms with Crippen LogP contribution in [0.1, 0.15) is 35.6 Å². The van der Waals surface area contributed by atoms with Gasteiger partial charge in [-0.05, 0) is 33.4 Å². The molecule has 4 rings (SSSR count). The van der Waals surface area contributed by atoms with Gasteiger partial charge in [0.25, 0.3) is 0 Å². The summed E-state index contributed by atoms with van der Waals surface area (Å²) < 4.78 is 0. The van der Waals surface area contributed by atoms with Gasteiger partial charge in [-0.25, -0.2) is 0 Å². The highest BCUT2D eigenvalue weighted by atomic mass is 14.9. The number of fused-ring (bicyclic) bond motifs is 3. The molecule has 21 heavy (non-hydrogen) atoms. The summed E-state index contributed by atoms with van der Waals surface area (Å²) in [5, 5.41) is 6.46. The molecule has 0 saturated heterocycles. The topological polar surface area (TPSA) is 12.0 Å². The van der Waals surface area contributed by atoms with Crippen LogP contribution < -0.4 is 5.32 Å².